The standard InChI is InChI=1S/C20H19N5O/c1-13-9-15-11-17(5-6-18(15)23-13)26-19-7-8-22-20(25-19)24-16-4-2-3-14(10-16)12-21/h2-11,23H,12,21H2,1H3,(H,22,24,25). The molecule has 26 heavy (non-hydrogen) atoms. The van der Waals surface area contributed by atoms with E-state index >= 15 is 0 Å². The van der Waals surface area contributed by atoms with Gasteiger partial charge in [0.2, 0.25) is 11.8 Å². The summed E-state index contributed by atoms with van der Waals surface area (Å²) >= 11 is 0. The zero-order valence-corrected chi connectivity index (χ0v) is 14.4. The molecule has 0 spiro atoms. The Kier molecular flexibility index (Phi) is 4.25. The molecule has 0 atom stereocenters. The quantitative estimate of drug-likeness (QED) is 0.503. The van der Waals surface area contributed by atoms with Crippen molar-refractivity contribution in [3.8, 4) is 11.6 Å². The highest BCUT2D eigenvalue weighted by Crippen LogP contribution is 2.25. The number of aromatic nitrogens is 3. The molecule has 6 heteroatoms. The van der Waals surface area contributed by atoms with E-state index in [4.69, 9.17) is 10.5 Å². The molecule has 0 saturated carbocycles. The van der Waals surface area contributed by atoms with Crippen molar-refractivity contribution in [2.24, 2.45) is 5.73 Å². The number of H-pyrrole nitrogens is 1. The number of rotatable bonds is 5. The summed E-state index contributed by atoms with van der Waals surface area (Å²) in [5.74, 6) is 1.67. The topological polar surface area (TPSA) is 88.8 Å². The zero-order valence-electron chi connectivity index (χ0n) is 14.4. The van der Waals surface area contributed by atoms with Gasteiger partial charge in [-0.1, -0.05) is 12.1 Å². The van der Waals surface area contributed by atoms with Crippen LogP contribution in [-0.4, -0.2) is 15.0 Å². The number of aromatic amines is 1. The van der Waals surface area contributed by atoms with Crippen LogP contribution in [0.3, 0.4) is 0 Å². The minimum Gasteiger partial charge on any atom is -0.439 e. The highest BCUT2D eigenvalue weighted by Gasteiger charge is 2.05. The summed E-state index contributed by atoms with van der Waals surface area (Å²) < 4.78 is 5.89. The van der Waals surface area contributed by atoms with Crippen molar-refractivity contribution >= 4 is 22.5 Å². The monoisotopic (exact) mass is 345 g/mol. The van der Waals surface area contributed by atoms with Crippen LogP contribution in [0.1, 0.15) is 11.3 Å². The lowest BCUT2D eigenvalue weighted by Gasteiger charge is -2.08. The van der Waals surface area contributed by atoms with Crippen LogP contribution in [0.2, 0.25) is 0 Å². The molecule has 6 nitrogen and oxygen atoms in total. The lowest BCUT2D eigenvalue weighted by Crippen LogP contribution is -2.00. The molecule has 130 valence electrons. The molecule has 2 aromatic heterocycles. The lowest BCUT2D eigenvalue weighted by atomic mass is 10.2. The Bertz CT molecular complexity index is 1060. The molecule has 4 rings (SSSR count). The van der Waals surface area contributed by atoms with Crippen molar-refractivity contribution in [1.82, 2.24) is 15.0 Å². The summed E-state index contributed by atoms with van der Waals surface area (Å²) in [6.45, 7) is 2.52. The molecule has 0 aliphatic heterocycles. The van der Waals surface area contributed by atoms with E-state index in [2.05, 4.69) is 26.3 Å². The number of hydrogen-bond donors (Lipinski definition) is 3. The number of fused-ring (bicyclic) bond motifs is 1. The van der Waals surface area contributed by atoms with Crippen LogP contribution in [0.25, 0.3) is 10.9 Å². The molecule has 0 amide bonds. The van der Waals surface area contributed by atoms with Crippen molar-refractivity contribution < 1.29 is 4.74 Å². The number of nitrogens with one attached hydrogen (secondary N) is 2. The first-order valence-electron chi connectivity index (χ1n) is 8.36. The average molecular weight is 345 g/mol. The maximum atomic E-state index is 5.89. The van der Waals surface area contributed by atoms with E-state index in [0.29, 0.717) is 18.4 Å². The zero-order chi connectivity index (χ0) is 17.9. The van der Waals surface area contributed by atoms with Gasteiger partial charge in [0, 0.05) is 41.1 Å². The number of aryl methyl sites for hydroxylation is 1. The predicted molar refractivity (Wildman–Crippen MR) is 103 cm³/mol. The van der Waals surface area contributed by atoms with Crippen molar-refractivity contribution in [1.29, 1.82) is 0 Å². The van der Waals surface area contributed by atoms with Crippen molar-refractivity contribution in [3.63, 3.8) is 0 Å². The van der Waals surface area contributed by atoms with Gasteiger partial charge in [-0.25, -0.2) is 4.98 Å². The number of nitrogens with two attached hydrogens (primary N) is 1. The van der Waals surface area contributed by atoms with E-state index in [-0.39, 0.29) is 0 Å². The molecular formula is C20H19N5O. The first-order valence-corrected chi connectivity index (χ1v) is 8.36. The van der Waals surface area contributed by atoms with Gasteiger partial charge in [-0.2, -0.15) is 4.98 Å². The normalized spacial score (nSPS) is 10.8. The minimum absolute atomic E-state index is 0.468. The van der Waals surface area contributed by atoms with Gasteiger partial charge in [-0.3, -0.25) is 0 Å². The van der Waals surface area contributed by atoms with Gasteiger partial charge in [0.15, 0.2) is 0 Å². The lowest BCUT2D eigenvalue weighted by molar-refractivity contribution is 0.463. The van der Waals surface area contributed by atoms with E-state index in [1.165, 1.54) is 0 Å². The molecule has 2 aromatic carbocycles. The maximum Gasteiger partial charge on any atom is 0.230 e. The first-order chi connectivity index (χ1) is 12.7. The van der Waals surface area contributed by atoms with Crippen LogP contribution >= 0.6 is 0 Å². The maximum absolute atomic E-state index is 5.89. The molecular weight excluding hydrogens is 326 g/mol. The van der Waals surface area contributed by atoms with Crippen molar-refractivity contribution in [3.05, 3.63) is 72.1 Å². The molecule has 0 fully saturated rings. The summed E-state index contributed by atoms with van der Waals surface area (Å²) in [4.78, 5) is 12.0. The number of nitrogens with zero attached hydrogens (tertiary/aromatic N) is 2. The van der Waals surface area contributed by atoms with Gasteiger partial charge in [0.1, 0.15) is 5.75 Å². The van der Waals surface area contributed by atoms with E-state index < -0.39 is 0 Å². The van der Waals surface area contributed by atoms with Crippen LogP contribution in [0.4, 0.5) is 11.6 Å². The third kappa shape index (κ3) is 3.50. The SMILES string of the molecule is Cc1cc2cc(Oc3ccnc(Nc4cccc(CN)c4)n3)ccc2[nH]1. The Hall–Kier alpha value is -3.38. The van der Waals surface area contributed by atoms with E-state index in [0.717, 1.165) is 33.6 Å². The fourth-order valence-corrected chi connectivity index (χ4v) is 2.80. The highest BCUT2D eigenvalue weighted by atomic mass is 16.5. The second kappa shape index (κ2) is 6.85. The Balaban J connectivity index is 1.54. The van der Waals surface area contributed by atoms with Crippen LogP contribution in [0, 0.1) is 6.92 Å². The molecule has 0 aliphatic carbocycles. The second-order valence-corrected chi connectivity index (χ2v) is 6.05. The van der Waals surface area contributed by atoms with Crippen LogP contribution < -0.4 is 15.8 Å². The van der Waals surface area contributed by atoms with E-state index in [1.807, 2.05) is 49.4 Å². The Morgan fingerprint density at radius 1 is 1.12 bits per heavy atom. The molecule has 2 heterocycles. The second-order valence-electron chi connectivity index (χ2n) is 6.05. The Morgan fingerprint density at radius 3 is 2.92 bits per heavy atom. The van der Waals surface area contributed by atoms with Gasteiger partial charge >= 0.3 is 0 Å². The molecule has 0 aliphatic rings. The third-order valence-electron chi connectivity index (χ3n) is 4.00. The van der Waals surface area contributed by atoms with Crippen LogP contribution in [0.15, 0.2) is 60.8 Å². The number of benzene rings is 2. The molecule has 0 radical (unpaired) electrons. The summed E-state index contributed by atoms with van der Waals surface area (Å²) in [5.41, 5.74) is 9.80. The minimum atomic E-state index is 0.468. The van der Waals surface area contributed by atoms with Gasteiger partial charge in [-0.15, -0.1) is 0 Å². The molecule has 0 saturated heterocycles. The van der Waals surface area contributed by atoms with Gasteiger partial charge in [-0.05, 0) is 48.9 Å². The van der Waals surface area contributed by atoms with Crippen LogP contribution in [-0.2, 0) is 6.54 Å². The van der Waals surface area contributed by atoms with Gasteiger partial charge in [0.25, 0.3) is 0 Å². The molecule has 0 unspecified atom stereocenters. The first kappa shape index (κ1) is 16.1. The Morgan fingerprint density at radius 2 is 2.04 bits per heavy atom. The van der Waals surface area contributed by atoms with Crippen LogP contribution in [0.5, 0.6) is 11.6 Å². The van der Waals surface area contributed by atoms with Gasteiger partial charge < -0.3 is 20.8 Å². The smallest absolute Gasteiger partial charge is 0.230 e. The third-order valence-corrected chi connectivity index (χ3v) is 4.00. The molecule has 4 aromatic rings. The average Bonchev–Trinajstić information content (AvgIpc) is 3.01. The summed E-state index contributed by atoms with van der Waals surface area (Å²) in [6, 6.07) is 17.5. The molecule has 4 N–H and O–H groups in total. The summed E-state index contributed by atoms with van der Waals surface area (Å²) in [5, 5.41) is 4.28. The van der Waals surface area contributed by atoms with Crippen molar-refractivity contribution in [2.75, 3.05) is 5.32 Å². The number of anilines is 2. The van der Waals surface area contributed by atoms with Gasteiger partial charge in [0.05, 0.1) is 0 Å². The Labute approximate surface area is 151 Å². The summed E-state index contributed by atoms with van der Waals surface area (Å²) in [6.07, 6.45) is 1.66. The largest absolute Gasteiger partial charge is 0.439 e. The summed E-state index contributed by atoms with van der Waals surface area (Å²) in [7, 11) is 0. The predicted octanol–water partition coefficient (Wildman–Crippen LogP) is 4.26. The fraction of sp³-hybridized carbons (Fsp3) is 0.100. The van der Waals surface area contributed by atoms with E-state index in [1.54, 1.807) is 12.3 Å². The van der Waals surface area contributed by atoms with E-state index in [9.17, 15) is 0 Å². The molecule has 0 bridgehead atoms. The fourth-order valence-electron chi connectivity index (χ4n) is 2.80. The number of ether oxygens (including phenoxy) is 1. The number of hydrogen-bond acceptors (Lipinski definition) is 5. The highest BCUT2D eigenvalue weighted by molar-refractivity contribution is 5.81. The van der Waals surface area contributed by atoms with Crippen molar-refractivity contribution in [2.45, 2.75) is 13.5 Å².